The monoisotopic (exact) mass is 396 g/mol. The summed E-state index contributed by atoms with van der Waals surface area (Å²) < 4.78 is 5.50. The SMILES string of the molecule is CCNc1nc(C#N)cc2cnc(N[C@H]3CCCN(C(=O)OC(C)(C)C)C3)cc12. The van der Waals surface area contributed by atoms with Gasteiger partial charge >= 0.3 is 6.09 Å². The van der Waals surface area contributed by atoms with Gasteiger partial charge in [0.2, 0.25) is 0 Å². The second-order valence-electron chi connectivity index (χ2n) is 8.20. The topological polar surface area (TPSA) is 103 Å². The third-order valence-electron chi connectivity index (χ3n) is 4.60. The molecule has 3 rings (SSSR count). The van der Waals surface area contributed by atoms with E-state index in [1.54, 1.807) is 17.2 Å². The average molecular weight is 396 g/mol. The van der Waals surface area contributed by atoms with Gasteiger partial charge in [-0.15, -0.1) is 0 Å². The molecule has 0 saturated carbocycles. The summed E-state index contributed by atoms with van der Waals surface area (Å²) in [6.45, 7) is 9.57. The first kappa shape index (κ1) is 20.6. The highest BCUT2D eigenvalue weighted by atomic mass is 16.6. The van der Waals surface area contributed by atoms with Crippen molar-refractivity contribution in [1.82, 2.24) is 14.9 Å². The lowest BCUT2D eigenvalue weighted by Gasteiger charge is -2.34. The van der Waals surface area contributed by atoms with E-state index in [2.05, 4.69) is 26.7 Å². The molecule has 3 heterocycles. The molecule has 1 saturated heterocycles. The summed E-state index contributed by atoms with van der Waals surface area (Å²) in [5.74, 6) is 1.39. The Morgan fingerprint density at radius 2 is 2.21 bits per heavy atom. The molecule has 0 aromatic carbocycles. The predicted octanol–water partition coefficient (Wildman–Crippen LogP) is 3.74. The molecule has 2 aromatic rings. The van der Waals surface area contributed by atoms with Gasteiger partial charge in [-0.3, -0.25) is 0 Å². The second-order valence-corrected chi connectivity index (χ2v) is 8.20. The van der Waals surface area contributed by atoms with Crippen LogP contribution in [-0.4, -0.2) is 52.2 Å². The molecule has 1 aliphatic rings. The zero-order valence-corrected chi connectivity index (χ0v) is 17.5. The van der Waals surface area contributed by atoms with Crippen LogP contribution in [0.1, 0.15) is 46.2 Å². The number of likely N-dealkylation sites (tertiary alicyclic amines) is 1. The van der Waals surface area contributed by atoms with Crippen LogP contribution in [0.3, 0.4) is 0 Å². The first-order chi connectivity index (χ1) is 13.8. The molecule has 0 radical (unpaired) electrons. The van der Waals surface area contributed by atoms with Crippen LogP contribution < -0.4 is 10.6 Å². The Morgan fingerprint density at radius 3 is 2.90 bits per heavy atom. The molecule has 0 unspecified atom stereocenters. The number of nitriles is 1. The number of hydrogen-bond acceptors (Lipinski definition) is 7. The first-order valence-electron chi connectivity index (χ1n) is 9.98. The number of fused-ring (bicyclic) bond motifs is 1. The van der Waals surface area contributed by atoms with Crippen molar-refractivity contribution in [2.24, 2.45) is 0 Å². The third-order valence-corrected chi connectivity index (χ3v) is 4.60. The number of pyridine rings is 2. The number of carbonyl (C=O) groups is 1. The maximum absolute atomic E-state index is 12.4. The van der Waals surface area contributed by atoms with E-state index in [1.165, 1.54) is 0 Å². The smallest absolute Gasteiger partial charge is 0.410 e. The van der Waals surface area contributed by atoms with Gasteiger partial charge in [-0.05, 0) is 52.7 Å². The molecule has 29 heavy (non-hydrogen) atoms. The molecular weight excluding hydrogens is 368 g/mol. The summed E-state index contributed by atoms with van der Waals surface area (Å²) in [5.41, 5.74) is -0.147. The van der Waals surface area contributed by atoms with E-state index in [-0.39, 0.29) is 12.1 Å². The molecule has 1 amide bonds. The fourth-order valence-corrected chi connectivity index (χ4v) is 3.38. The van der Waals surface area contributed by atoms with Crippen LogP contribution in [0.25, 0.3) is 10.8 Å². The van der Waals surface area contributed by atoms with Gasteiger partial charge in [0.05, 0.1) is 0 Å². The summed E-state index contributed by atoms with van der Waals surface area (Å²) in [5, 5.41) is 17.6. The van der Waals surface area contributed by atoms with Crippen molar-refractivity contribution >= 4 is 28.5 Å². The lowest BCUT2D eigenvalue weighted by molar-refractivity contribution is 0.0206. The molecule has 154 valence electrons. The Balaban J connectivity index is 1.76. The van der Waals surface area contributed by atoms with Crippen molar-refractivity contribution in [1.29, 1.82) is 5.26 Å². The summed E-state index contributed by atoms with van der Waals surface area (Å²) in [6.07, 6.45) is 3.32. The number of amides is 1. The van der Waals surface area contributed by atoms with Crippen molar-refractivity contribution in [2.75, 3.05) is 30.3 Å². The number of ether oxygens (including phenoxy) is 1. The summed E-state index contributed by atoms with van der Waals surface area (Å²) in [4.78, 5) is 23.0. The maximum Gasteiger partial charge on any atom is 0.410 e. The van der Waals surface area contributed by atoms with Crippen molar-refractivity contribution in [3.8, 4) is 6.07 Å². The van der Waals surface area contributed by atoms with Crippen molar-refractivity contribution < 1.29 is 9.53 Å². The first-order valence-corrected chi connectivity index (χ1v) is 9.98. The van der Waals surface area contributed by atoms with Crippen molar-refractivity contribution in [3.63, 3.8) is 0 Å². The zero-order valence-electron chi connectivity index (χ0n) is 17.5. The van der Waals surface area contributed by atoms with E-state index in [9.17, 15) is 10.1 Å². The van der Waals surface area contributed by atoms with Crippen LogP contribution >= 0.6 is 0 Å². The molecule has 2 N–H and O–H groups in total. The van der Waals surface area contributed by atoms with E-state index < -0.39 is 5.60 Å². The summed E-state index contributed by atoms with van der Waals surface area (Å²) in [7, 11) is 0. The number of hydrogen-bond donors (Lipinski definition) is 2. The molecule has 0 spiro atoms. The van der Waals surface area contributed by atoms with Crippen LogP contribution in [0.5, 0.6) is 0 Å². The molecule has 1 fully saturated rings. The van der Waals surface area contributed by atoms with Gasteiger partial charge < -0.3 is 20.3 Å². The Bertz CT molecular complexity index is 931. The van der Waals surface area contributed by atoms with E-state index in [4.69, 9.17) is 4.74 Å². The van der Waals surface area contributed by atoms with Crippen LogP contribution in [-0.2, 0) is 4.74 Å². The highest BCUT2D eigenvalue weighted by molar-refractivity contribution is 5.93. The van der Waals surface area contributed by atoms with Crippen LogP contribution in [0.2, 0.25) is 0 Å². The fourth-order valence-electron chi connectivity index (χ4n) is 3.38. The minimum absolute atomic E-state index is 0.0927. The van der Waals surface area contributed by atoms with Gasteiger partial charge in [0.1, 0.15) is 29.0 Å². The molecular formula is C21H28N6O2. The van der Waals surface area contributed by atoms with Crippen LogP contribution in [0.15, 0.2) is 18.3 Å². The number of nitrogens with zero attached hydrogens (tertiary/aromatic N) is 4. The number of piperidine rings is 1. The third kappa shape index (κ3) is 5.25. The van der Waals surface area contributed by atoms with Gasteiger partial charge in [0, 0.05) is 42.6 Å². The number of aromatic nitrogens is 2. The Morgan fingerprint density at radius 1 is 1.41 bits per heavy atom. The van der Waals surface area contributed by atoms with Crippen molar-refractivity contribution in [2.45, 2.75) is 52.2 Å². The normalized spacial score (nSPS) is 16.9. The minimum Gasteiger partial charge on any atom is -0.444 e. The molecule has 8 heteroatoms. The fraction of sp³-hybridized carbons (Fsp3) is 0.524. The Labute approximate surface area is 171 Å². The quantitative estimate of drug-likeness (QED) is 0.811. The molecule has 2 aromatic heterocycles. The number of rotatable bonds is 4. The summed E-state index contributed by atoms with van der Waals surface area (Å²) in [6, 6.07) is 5.85. The van der Waals surface area contributed by atoms with E-state index in [0.29, 0.717) is 31.1 Å². The Hall–Kier alpha value is -3.08. The van der Waals surface area contributed by atoms with Crippen molar-refractivity contribution in [3.05, 3.63) is 24.0 Å². The van der Waals surface area contributed by atoms with Crippen LogP contribution in [0, 0.1) is 11.3 Å². The zero-order chi connectivity index (χ0) is 21.0. The van der Waals surface area contributed by atoms with Crippen LogP contribution in [0.4, 0.5) is 16.4 Å². The van der Waals surface area contributed by atoms with Gasteiger partial charge in [-0.2, -0.15) is 5.26 Å². The lowest BCUT2D eigenvalue weighted by atomic mass is 10.1. The highest BCUT2D eigenvalue weighted by Gasteiger charge is 2.27. The minimum atomic E-state index is -0.505. The van der Waals surface area contributed by atoms with Gasteiger partial charge in [0.15, 0.2) is 0 Å². The second kappa shape index (κ2) is 8.52. The molecule has 0 aliphatic carbocycles. The van der Waals surface area contributed by atoms with E-state index in [0.717, 1.165) is 29.4 Å². The standard InChI is InChI=1S/C21H28N6O2/c1-5-23-19-17-10-18(24-12-14(17)9-16(11-22)26-19)25-15-7-6-8-27(13-15)20(28)29-21(2,3)4/h9-10,12,15H,5-8,13H2,1-4H3,(H,23,26)(H,24,25)/t15-/m0/s1. The maximum atomic E-state index is 12.4. The number of nitrogens with one attached hydrogen (secondary N) is 2. The lowest BCUT2D eigenvalue weighted by Crippen LogP contribution is -2.47. The van der Waals surface area contributed by atoms with Gasteiger partial charge in [0.25, 0.3) is 0 Å². The van der Waals surface area contributed by atoms with E-state index >= 15 is 0 Å². The molecule has 1 atom stereocenters. The highest BCUT2D eigenvalue weighted by Crippen LogP contribution is 2.26. The average Bonchev–Trinajstić information content (AvgIpc) is 2.67. The number of carbonyl (C=O) groups excluding carboxylic acids is 1. The molecule has 1 aliphatic heterocycles. The Kier molecular flexibility index (Phi) is 6.06. The molecule has 8 nitrogen and oxygen atoms in total. The molecule has 0 bridgehead atoms. The predicted molar refractivity (Wildman–Crippen MR) is 113 cm³/mol. The van der Waals surface area contributed by atoms with Gasteiger partial charge in [-0.25, -0.2) is 14.8 Å². The summed E-state index contributed by atoms with van der Waals surface area (Å²) >= 11 is 0. The van der Waals surface area contributed by atoms with E-state index in [1.807, 2.05) is 33.8 Å². The largest absolute Gasteiger partial charge is 0.444 e. The number of anilines is 2. The van der Waals surface area contributed by atoms with Gasteiger partial charge in [-0.1, -0.05) is 0 Å².